The first-order valence-corrected chi connectivity index (χ1v) is 6.64. The third kappa shape index (κ3) is 20.2. The van der Waals surface area contributed by atoms with E-state index in [9.17, 15) is 0 Å². The number of rotatable bonds is 0. The van der Waals surface area contributed by atoms with Crippen molar-refractivity contribution in [3.05, 3.63) is 0 Å². The second-order valence-electron chi connectivity index (χ2n) is 0. The van der Waals surface area contributed by atoms with Crippen LogP contribution in [0.5, 0.6) is 0 Å². The molecule has 0 aromatic carbocycles. The normalized spacial score (nSPS) is 2.00. The van der Waals surface area contributed by atoms with Crippen LogP contribution >= 0.6 is 0 Å². The van der Waals surface area contributed by atoms with Crippen LogP contribution in [-0.2, 0) is 75.4 Å². The van der Waals surface area contributed by atoms with Crippen LogP contribution in [0.2, 0.25) is 0 Å². The van der Waals surface area contributed by atoms with Gasteiger partial charge in [0.25, 0.3) is 0 Å². The van der Waals surface area contributed by atoms with Crippen LogP contribution in [0.25, 0.3) is 0 Å². The molecule has 0 saturated carbocycles. The van der Waals surface area contributed by atoms with Gasteiger partial charge in [0.2, 0.25) is 0 Å². The Labute approximate surface area is 74.1 Å². The number of hydrogen-bond donors (Lipinski definition) is 0. The molecule has 0 aliphatic carbocycles. The molecule has 0 saturated heterocycles. The summed E-state index contributed by atoms with van der Waals surface area (Å²) in [4.78, 5) is 0. The fourth-order valence-corrected chi connectivity index (χ4v) is 0. The molecule has 0 nitrogen and oxygen atoms in total. The summed E-state index contributed by atoms with van der Waals surface area (Å²) in [5.41, 5.74) is 0. The summed E-state index contributed by atoms with van der Waals surface area (Å²) in [7, 11) is 0. The van der Waals surface area contributed by atoms with Gasteiger partial charge in [-0.15, -0.1) is 0 Å². The Morgan fingerprint density at radius 2 is 0.800 bits per heavy atom. The third-order valence-corrected chi connectivity index (χ3v) is 0. The molecule has 0 aromatic rings. The van der Waals surface area contributed by atoms with Crippen molar-refractivity contribution < 1.29 is 61.9 Å². The minimum atomic E-state index is 0. The van der Waals surface area contributed by atoms with E-state index in [1.807, 2.05) is 0 Å². The average molecular weight is 342 g/mol. The molecular formula is Co2Mo2S. The first kappa shape index (κ1) is 15.6. The van der Waals surface area contributed by atoms with E-state index in [-0.39, 0.29) is 13.5 Å². The van der Waals surface area contributed by atoms with Gasteiger partial charge < -0.3 is 13.5 Å². The van der Waals surface area contributed by atoms with E-state index < -0.39 is 0 Å². The first-order valence-electron chi connectivity index (χ1n) is 0.272. The summed E-state index contributed by atoms with van der Waals surface area (Å²) in [5, 5.41) is 0. The molecule has 0 radical (unpaired) electrons. The van der Waals surface area contributed by atoms with Crippen molar-refractivity contribution in [2.24, 2.45) is 0 Å². The molecule has 0 N–H and O–H groups in total. The molecule has 5 heavy (non-hydrogen) atoms. The minimum absolute atomic E-state index is 0. The van der Waals surface area contributed by atoms with E-state index in [1.165, 1.54) is 0 Å². The maximum atomic E-state index is 3.57. The minimum Gasteiger partial charge on any atom is -2.00 e. The largest absolute Gasteiger partial charge is 2.00 e. The Morgan fingerprint density at radius 3 is 0.800 bits per heavy atom. The van der Waals surface area contributed by atoms with Crippen molar-refractivity contribution in [2.45, 2.75) is 0 Å². The molecule has 0 aliphatic heterocycles. The Balaban J connectivity index is -0.0000000133. The summed E-state index contributed by atoms with van der Waals surface area (Å²) in [6, 6.07) is 0. The van der Waals surface area contributed by atoms with Crippen LogP contribution in [0.4, 0.5) is 0 Å². The Hall–Kier alpha value is 2.74. The van der Waals surface area contributed by atoms with E-state index in [1.54, 1.807) is 35.6 Å². The van der Waals surface area contributed by atoms with Crippen LogP contribution < -0.4 is 0 Å². The second kappa shape index (κ2) is 29.6. The predicted molar refractivity (Wildman–Crippen MR) is 7.37 cm³/mol. The van der Waals surface area contributed by atoms with Gasteiger partial charge in [0.1, 0.15) is 0 Å². The van der Waals surface area contributed by atoms with E-state index in [0.29, 0.717) is 0 Å². The van der Waals surface area contributed by atoms with Crippen molar-refractivity contribution in [3.8, 4) is 0 Å². The van der Waals surface area contributed by atoms with Crippen LogP contribution in [0.3, 0.4) is 0 Å². The first-order chi connectivity index (χ1) is 2.00. The topological polar surface area (TPSA) is 0 Å². The molecule has 0 heterocycles. The van der Waals surface area contributed by atoms with E-state index in [4.69, 9.17) is 0 Å². The van der Waals surface area contributed by atoms with Gasteiger partial charge in [-0.05, 0) is 0 Å². The molecule has 0 fully saturated rings. The Kier molecular flexibility index (Phi) is 92.6. The Morgan fingerprint density at radius 1 is 0.800 bits per heavy atom. The van der Waals surface area contributed by atoms with Crippen LogP contribution in [-0.4, -0.2) is 0 Å². The van der Waals surface area contributed by atoms with Gasteiger partial charge in [0.05, 0.1) is 0 Å². The van der Waals surface area contributed by atoms with Crippen LogP contribution in [0.1, 0.15) is 0 Å². The fourth-order valence-electron chi connectivity index (χ4n) is 0. The summed E-state index contributed by atoms with van der Waals surface area (Å²) >= 11 is 10.4. The molecule has 36 valence electrons. The predicted octanol–water partition coefficient (Wildman–Crippen LogP) is -0.0124. The fraction of sp³-hybridized carbons (Fsp3) is 0. The third-order valence-electron chi connectivity index (χ3n) is 0. The summed E-state index contributed by atoms with van der Waals surface area (Å²) in [5.74, 6) is 0. The second-order valence-corrected chi connectivity index (χ2v) is 0. The van der Waals surface area contributed by atoms with Gasteiger partial charge in [-0.2, -0.15) is 0 Å². The molecule has 0 atom stereocenters. The van der Waals surface area contributed by atoms with Gasteiger partial charge in [0.15, 0.2) is 0 Å². The molecule has 0 unspecified atom stereocenters. The maximum Gasteiger partial charge on any atom is -2.00 e. The van der Waals surface area contributed by atoms with Crippen molar-refractivity contribution in [3.63, 3.8) is 0 Å². The van der Waals surface area contributed by atoms with E-state index in [2.05, 4.69) is 26.2 Å². The smallest absolute Gasteiger partial charge is 2.00 e. The quantitative estimate of drug-likeness (QED) is 0.544. The maximum absolute atomic E-state index is 3.57. The van der Waals surface area contributed by atoms with Gasteiger partial charge in [-0.1, -0.05) is 0 Å². The average Bonchev–Trinajstić information content (AvgIpc) is 1.50. The van der Waals surface area contributed by atoms with Gasteiger partial charge >= 0.3 is 61.9 Å². The van der Waals surface area contributed by atoms with Crippen molar-refractivity contribution in [1.82, 2.24) is 0 Å². The SMILES string of the molecule is [Co+][Mo].[Co+][Mo].[S-2]. The molecule has 0 aromatic heterocycles. The molecule has 0 aliphatic rings. The van der Waals surface area contributed by atoms with E-state index in [0.717, 1.165) is 0 Å². The molecule has 0 bridgehead atoms. The molecule has 0 rings (SSSR count). The van der Waals surface area contributed by atoms with Crippen molar-refractivity contribution in [2.75, 3.05) is 0 Å². The van der Waals surface area contributed by atoms with E-state index >= 15 is 0 Å². The van der Waals surface area contributed by atoms with Crippen LogP contribution in [0.15, 0.2) is 0 Å². The van der Waals surface area contributed by atoms with Gasteiger partial charge in [-0.25, -0.2) is 0 Å². The van der Waals surface area contributed by atoms with Crippen molar-refractivity contribution >= 4 is 13.5 Å². The molecule has 5 heteroatoms. The molecule has 0 spiro atoms. The summed E-state index contributed by atoms with van der Waals surface area (Å²) in [6.07, 6.45) is 0. The standard InChI is InChI=1S/2Co.2Mo.S/q2*+1;;;-2. The summed E-state index contributed by atoms with van der Waals surface area (Å²) < 4.78 is 0. The number of hydrogen-bond acceptors (Lipinski definition) is 0. The zero-order chi connectivity index (χ0) is 4.00. The van der Waals surface area contributed by atoms with Gasteiger partial charge in [-0.3, -0.25) is 0 Å². The van der Waals surface area contributed by atoms with Crippen LogP contribution in [0, 0.1) is 0 Å². The molecule has 0 amide bonds. The zero-order valence-electron chi connectivity index (χ0n) is 1.89. The zero-order valence-corrected chi connectivity index (χ0v) is 8.80. The Bertz CT molecular complexity index is 7.61. The summed E-state index contributed by atoms with van der Waals surface area (Å²) in [6.45, 7) is 0. The monoisotopic (exact) mass is 346 g/mol. The van der Waals surface area contributed by atoms with Gasteiger partial charge in [0, 0.05) is 0 Å². The van der Waals surface area contributed by atoms with Crippen molar-refractivity contribution in [1.29, 1.82) is 0 Å². The molecular weight excluding hydrogens is 342 g/mol.